The van der Waals surface area contributed by atoms with Gasteiger partial charge in [-0.15, -0.1) is 12.4 Å². The number of thiophene rings is 1. The van der Waals surface area contributed by atoms with E-state index < -0.39 is 0 Å². The average Bonchev–Trinajstić information content (AvgIpc) is 2.69. The van der Waals surface area contributed by atoms with Gasteiger partial charge in [-0.05, 0) is 52.6 Å². The van der Waals surface area contributed by atoms with Gasteiger partial charge >= 0.3 is 0 Å². The molecule has 0 bridgehead atoms. The predicted octanol–water partition coefficient (Wildman–Crippen LogP) is 3.67. The summed E-state index contributed by atoms with van der Waals surface area (Å²) in [5.74, 6) is -0.214. The van der Waals surface area contributed by atoms with Crippen LogP contribution in [0, 0.1) is 12.7 Å². The number of rotatable bonds is 2. The van der Waals surface area contributed by atoms with Crippen LogP contribution in [0.2, 0.25) is 0 Å². The Bertz CT molecular complexity index is 456. The third-order valence-electron chi connectivity index (χ3n) is 2.47. The molecule has 16 heavy (non-hydrogen) atoms. The van der Waals surface area contributed by atoms with Crippen molar-refractivity contribution >= 4 is 23.7 Å². The summed E-state index contributed by atoms with van der Waals surface area (Å²) in [4.78, 5) is 0. The van der Waals surface area contributed by atoms with Crippen molar-refractivity contribution in [1.29, 1.82) is 0 Å². The first-order valence-corrected chi connectivity index (χ1v) is 5.66. The quantitative estimate of drug-likeness (QED) is 0.873. The van der Waals surface area contributed by atoms with E-state index in [9.17, 15) is 4.39 Å². The maximum atomic E-state index is 12.9. The Balaban J connectivity index is 0.00000128. The molecule has 2 N–H and O–H groups in total. The molecule has 1 aromatic heterocycles. The lowest BCUT2D eigenvalue weighted by atomic mass is 9.98. The first-order chi connectivity index (χ1) is 7.18. The highest BCUT2D eigenvalue weighted by Crippen LogP contribution is 2.24. The molecule has 1 nitrogen and oxygen atoms in total. The largest absolute Gasteiger partial charge is 0.320 e. The van der Waals surface area contributed by atoms with Crippen molar-refractivity contribution in [1.82, 2.24) is 0 Å². The monoisotopic (exact) mass is 257 g/mol. The molecular weight excluding hydrogens is 245 g/mol. The second-order valence-electron chi connectivity index (χ2n) is 3.54. The SMILES string of the molecule is Cc1cc(F)ccc1[C@@H](N)c1ccsc1.Cl. The Hall–Kier alpha value is -0.900. The van der Waals surface area contributed by atoms with E-state index in [0.29, 0.717) is 0 Å². The molecule has 0 radical (unpaired) electrons. The minimum Gasteiger partial charge on any atom is -0.320 e. The van der Waals surface area contributed by atoms with Crippen LogP contribution in [-0.2, 0) is 0 Å². The molecule has 2 aromatic rings. The van der Waals surface area contributed by atoms with Crippen molar-refractivity contribution in [2.24, 2.45) is 5.73 Å². The molecule has 0 spiro atoms. The Morgan fingerprint density at radius 2 is 2.06 bits per heavy atom. The molecule has 0 saturated heterocycles. The highest BCUT2D eigenvalue weighted by molar-refractivity contribution is 7.08. The van der Waals surface area contributed by atoms with Crippen LogP contribution >= 0.6 is 23.7 Å². The lowest BCUT2D eigenvalue weighted by molar-refractivity contribution is 0.625. The van der Waals surface area contributed by atoms with Crippen molar-refractivity contribution < 1.29 is 4.39 Å². The highest BCUT2D eigenvalue weighted by atomic mass is 35.5. The van der Waals surface area contributed by atoms with E-state index >= 15 is 0 Å². The van der Waals surface area contributed by atoms with Crippen molar-refractivity contribution in [3.8, 4) is 0 Å². The summed E-state index contributed by atoms with van der Waals surface area (Å²) < 4.78 is 12.9. The molecule has 1 atom stereocenters. The van der Waals surface area contributed by atoms with Gasteiger partial charge in [0.1, 0.15) is 5.82 Å². The first kappa shape index (κ1) is 13.2. The summed E-state index contributed by atoms with van der Waals surface area (Å²) >= 11 is 1.62. The fourth-order valence-corrected chi connectivity index (χ4v) is 2.32. The van der Waals surface area contributed by atoms with Crippen molar-refractivity contribution in [2.75, 3.05) is 0 Å². The zero-order valence-electron chi connectivity index (χ0n) is 8.81. The molecule has 4 heteroatoms. The van der Waals surface area contributed by atoms with Gasteiger partial charge in [0.15, 0.2) is 0 Å². The smallest absolute Gasteiger partial charge is 0.123 e. The van der Waals surface area contributed by atoms with Crippen molar-refractivity contribution in [2.45, 2.75) is 13.0 Å². The molecule has 0 unspecified atom stereocenters. The fourth-order valence-electron chi connectivity index (χ4n) is 1.62. The van der Waals surface area contributed by atoms with Gasteiger partial charge in [0.05, 0.1) is 6.04 Å². The maximum absolute atomic E-state index is 12.9. The van der Waals surface area contributed by atoms with Crippen LogP contribution in [0.25, 0.3) is 0 Å². The van der Waals surface area contributed by atoms with Crippen molar-refractivity contribution in [3.63, 3.8) is 0 Å². The van der Waals surface area contributed by atoms with E-state index in [0.717, 1.165) is 16.7 Å². The van der Waals surface area contributed by atoms with Gasteiger partial charge in [-0.1, -0.05) is 6.07 Å². The minimum atomic E-state index is -0.214. The number of benzene rings is 1. The molecule has 0 aliphatic carbocycles. The topological polar surface area (TPSA) is 26.0 Å². The van der Waals surface area contributed by atoms with Crippen LogP contribution < -0.4 is 5.73 Å². The zero-order valence-corrected chi connectivity index (χ0v) is 10.4. The number of halogens is 2. The Kier molecular flexibility index (Phi) is 4.47. The van der Waals surface area contributed by atoms with E-state index in [4.69, 9.17) is 5.73 Å². The van der Waals surface area contributed by atoms with Gasteiger partial charge in [0.2, 0.25) is 0 Å². The Morgan fingerprint density at radius 3 is 2.62 bits per heavy atom. The lowest BCUT2D eigenvalue weighted by Gasteiger charge is -2.13. The first-order valence-electron chi connectivity index (χ1n) is 4.72. The molecule has 0 saturated carbocycles. The second kappa shape index (κ2) is 5.43. The maximum Gasteiger partial charge on any atom is 0.123 e. The number of hydrogen-bond donors (Lipinski definition) is 1. The molecule has 0 aliphatic rings. The predicted molar refractivity (Wildman–Crippen MR) is 68.7 cm³/mol. The molecule has 1 aromatic carbocycles. The summed E-state index contributed by atoms with van der Waals surface area (Å²) in [7, 11) is 0. The molecular formula is C12H13ClFNS. The Labute approximate surface area is 105 Å². The third-order valence-corrected chi connectivity index (χ3v) is 3.17. The van der Waals surface area contributed by atoms with Crippen LogP contribution in [0.5, 0.6) is 0 Å². The van der Waals surface area contributed by atoms with Crippen LogP contribution in [0.15, 0.2) is 35.0 Å². The number of aryl methyl sites for hydroxylation is 1. The number of hydrogen-bond acceptors (Lipinski definition) is 2. The fraction of sp³-hybridized carbons (Fsp3) is 0.167. The number of nitrogens with two attached hydrogens (primary N) is 1. The van der Waals surface area contributed by atoms with Gasteiger partial charge in [-0.25, -0.2) is 4.39 Å². The molecule has 0 aliphatic heterocycles. The third kappa shape index (κ3) is 2.61. The standard InChI is InChI=1S/C12H12FNS.ClH/c1-8-6-10(13)2-3-11(8)12(14)9-4-5-15-7-9;/h2-7,12H,14H2,1H3;1H/t12-;/m0./s1. The molecule has 0 amide bonds. The second-order valence-corrected chi connectivity index (χ2v) is 4.32. The van der Waals surface area contributed by atoms with Crippen LogP contribution in [0.4, 0.5) is 4.39 Å². The van der Waals surface area contributed by atoms with Gasteiger partial charge in [0, 0.05) is 0 Å². The van der Waals surface area contributed by atoms with Gasteiger partial charge in [0.25, 0.3) is 0 Å². The molecule has 0 fully saturated rings. The highest BCUT2D eigenvalue weighted by Gasteiger charge is 2.11. The Morgan fingerprint density at radius 1 is 1.31 bits per heavy atom. The van der Waals surface area contributed by atoms with E-state index in [1.165, 1.54) is 12.1 Å². The van der Waals surface area contributed by atoms with E-state index in [1.807, 2.05) is 23.8 Å². The molecule has 2 rings (SSSR count). The minimum absolute atomic E-state index is 0. The van der Waals surface area contributed by atoms with Gasteiger partial charge < -0.3 is 5.73 Å². The van der Waals surface area contributed by atoms with Crippen LogP contribution in [0.3, 0.4) is 0 Å². The normalized spacial score (nSPS) is 11.9. The lowest BCUT2D eigenvalue weighted by Crippen LogP contribution is -2.12. The van der Waals surface area contributed by atoms with Crippen LogP contribution in [0.1, 0.15) is 22.7 Å². The van der Waals surface area contributed by atoms with E-state index in [-0.39, 0.29) is 24.3 Å². The summed E-state index contributed by atoms with van der Waals surface area (Å²) in [5.41, 5.74) is 9.05. The molecule has 86 valence electrons. The van der Waals surface area contributed by atoms with Crippen molar-refractivity contribution in [3.05, 3.63) is 57.5 Å². The molecule has 1 heterocycles. The van der Waals surface area contributed by atoms with E-state index in [2.05, 4.69) is 0 Å². The van der Waals surface area contributed by atoms with Gasteiger partial charge in [-0.3, -0.25) is 0 Å². The van der Waals surface area contributed by atoms with Gasteiger partial charge in [-0.2, -0.15) is 11.3 Å². The summed E-state index contributed by atoms with van der Waals surface area (Å²) in [6.45, 7) is 1.88. The zero-order chi connectivity index (χ0) is 10.8. The average molecular weight is 258 g/mol. The van der Waals surface area contributed by atoms with Crippen LogP contribution in [-0.4, -0.2) is 0 Å². The summed E-state index contributed by atoms with van der Waals surface area (Å²) in [5, 5.41) is 4.02. The summed E-state index contributed by atoms with van der Waals surface area (Å²) in [6.07, 6.45) is 0. The van der Waals surface area contributed by atoms with E-state index in [1.54, 1.807) is 17.4 Å². The summed E-state index contributed by atoms with van der Waals surface area (Å²) in [6, 6.07) is 6.57.